The number of aliphatic hydroxyl groups is 1. The van der Waals surface area contributed by atoms with Gasteiger partial charge in [0.2, 0.25) is 0 Å². The number of nitrogens with one attached hydrogen (secondary N) is 1. The fourth-order valence-electron chi connectivity index (χ4n) is 2.01. The largest absolute Gasteiger partial charge is 0.492 e. The molecule has 0 aliphatic carbocycles. The van der Waals surface area contributed by atoms with Crippen LogP contribution >= 0.6 is 11.3 Å². The molecule has 1 heterocycles. The number of amides is 1. The van der Waals surface area contributed by atoms with Gasteiger partial charge in [-0.2, -0.15) is 0 Å². The van der Waals surface area contributed by atoms with Crippen LogP contribution in [-0.4, -0.2) is 30.3 Å². The molecule has 0 saturated carbocycles. The zero-order valence-electron chi connectivity index (χ0n) is 12.8. The van der Waals surface area contributed by atoms with Crippen molar-refractivity contribution in [2.24, 2.45) is 0 Å². The van der Waals surface area contributed by atoms with E-state index in [4.69, 9.17) is 4.74 Å². The van der Waals surface area contributed by atoms with E-state index in [1.54, 1.807) is 6.92 Å². The molecular weight excluding hydrogens is 298 g/mol. The molecule has 0 fully saturated rings. The van der Waals surface area contributed by atoms with Crippen LogP contribution in [-0.2, 0) is 0 Å². The van der Waals surface area contributed by atoms with Crippen LogP contribution < -0.4 is 10.1 Å². The van der Waals surface area contributed by atoms with Crippen LogP contribution in [0, 0.1) is 0 Å². The lowest BCUT2D eigenvalue weighted by Gasteiger charge is -2.07. The molecule has 22 heavy (non-hydrogen) atoms. The third-order valence-corrected chi connectivity index (χ3v) is 4.27. The Bertz CT molecular complexity index is 608. The van der Waals surface area contributed by atoms with Crippen molar-refractivity contribution in [3.63, 3.8) is 0 Å². The number of hydrogen-bond acceptors (Lipinski definition) is 4. The van der Waals surface area contributed by atoms with Gasteiger partial charge < -0.3 is 15.2 Å². The van der Waals surface area contributed by atoms with E-state index in [9.17, 15) is 9.90 Å². The first-order chi connectivity index (χ1) is 10.6. The third kappa shape index (κ3) is 4.32. The maximum atomic E-state index is 12.3. The summed E-state index contributed by atoms with van der Waals surface area (Å²) in [7, 11) is 0. The predicted molar refractivity (Wildman–Crippen MR) is 89.6 cm³/mol. The number of hydrogen-bond donors (Lipinski definition) is 2. The van der Waals surface area contributed by atoms with E-state index in [0.29, 0.717) is 30.2 Å². The molecule has 0 radical (unpaired) electrons. The Morgan fingerprint density at radius 3 is 2.73 bits per heavy atom. The molecule has 1 amide bonds. The van der Waals surface area contributed by atoms with Gasteiger partial charge in [-0.05, 0) is 31.9 Å². The predicted octanol–water partition coefficient (Wildman–Crippen LogP) is 3.31. The molecule has 1 unspecified atom stereocenters. The number of benzene rings is 1. The van der Waals surface area contributed by atoms with Crippen molar-refractivity contribution >= 4 is 17.2 Å². The molecule has 0 saturated heterocycles. The maximum Gasteiger partial charge on any atom is 0.265 e. The van der Waals surface area contributed by atoms with E-state index in [1.165, 1.54) is 11.3 Å². The highest BCUT2D eigenvalue weighted by atomic mass is 32.1. The molecule has 0 spiro atoms. The molecule has 2 N–H and O–H groups in total. The van der Waals surface area contributed by atoms with Gasteiger partial charge in [-0.3, -0.25) is 4.79 Å². The quantitative estimate of drug-likeness (QED) is 0.823. The summed E-state index contributed by atoms with van der Waals surface area (Å²) in [6.07, 6.45) is 0.113. The molecule has 118 valence electrons. The Morgan fingerprint density at radius 2 is 2.09 bits per heavy atom. The molecule has 4 nitrogen and oxygen atoms in total. The summed E-state index contributed by atoms with van der Waals surface area (Å²) in [5.41, 5.74) is 1.07. The second-order valence-corrected chi connectivity index (χ2v) is 6.05. The van der Waals surface area contributed by atoms with E-state index in [0.717, 1.165) is 10.4 Å². The average Bonchev–Trinajstić information content (AvgIpc) is 2.92. The first-order valence-electron chi connectivity index (χ1n) is 7.40. The zero-order valence-corrected chi connectivity index (χ0v) is 13.7. The summed E-state index contributed by atoms with van der Waals surface area (Å²) in [4.78, 5) is 13.9. The summed E-state index contributed by atoms with van der Waals surface area (Å²) in [6, 6.07) is 11.8. The third-order valence-electron chi connectivity index (χ3n) is 3.11. The number of carbonyl (C=O) groups is 1. The second kappa shape index (κ2) is 7.96. The van der Waals surface area contributed by atoms with Crippen LogP contribution in [0.15, 0.2) is 36.4 Å². The molecular formula is C17H21NO3S. The number of aliphatic hydroxyl groups excluding tert-OH is 1. The van der Waals surface area contributed by atoms with Crippen molar-refractivity contribution in [1.82, 2.24) is 5.32 Å². The van der Waals surface area contributed by atoms with Crippen molar-refractivity contribution < 1.29 is 14.6 Å². The normalized spacial score (nSPS) is 12.0. The molecule has 1 aromatic heterocycles. The minimum Gasteiger partial charge on any atom is -0.492 e. The Kier molecular flexibility index (Phi) is 5.98. The van der Waals surface area contributed by atoms with E-state index >= 15 is 0 Å². The highest BCUT2D eigenvalue weighted by Crippen LogP contribution is 2.36. The summed E-state index contributed by atoms with van der Waals surface area (Å²) >= 11 is 1.42. The van der Waals surface area contributed by atoms with Crippen LogP contribution in [0.4, 0.5) is 0 Å². The van der Waals surface area contributed by atoms with Gasteiger partial charge in [0, 0.05) is 11.4 Å². The van der Waals surface area contributed by atoms with E-state index < -0.39 is 6.10 Å². The Labute approximate surface area is 134 Å². The highest BCUT2D eigenvalue weighted by Gasteiger charge is 2.18. The lowest BCUT2D eigenvalue weighted by molar-refractivity contribution is 0.0946. The smallest absolute Gasteiger partial charge is 0.265 e. The number of thiophene rings is 1. The van der Waals surface area contributed by atoms with Crippen LogP contribution in [0.2, 0.25) is 0 Å². The lowest BCUT2D eigenvalue weighted by atomic mass is 10.2. The minimum absolute atomic E-state index is 0.156. The molecule has 0 aliphatic heterocycles. The fourth-order valence-corrected chi connectivity index (χ4v) is 3.04. The first-order valence-corrected chi connectivity index (χ1v) is 8.21. The Hall–Kier alpha value is -1.85. The standard InChI is InChI=1S/C17H21NO3S/c1-3-21-14-11-15(13-7-5-4-6-8-13)22-16(14)17(20)18-10-9-12(2)19/h4-8,11-12,19H,3,9-10H2,1-2H3,(H,18,20). The molecule has 2 aromatic rings. The summed E-state index contributed by atoms with van der Waals surface area (Å²) < 4.78 is 5.59. The molecule has 2 rings (SSSR count). The molecule has 1 aromatic carbocycles. The Morgan fingerprint density at radius 1 is 1.36 bits per heavy atom. The SMILES string of the molecule is CCOc1cc(-c2ccccc2)sc1C(=O)NCCC(C)O. The van der Waals surface area contributed by atoms with Gasteiger partial charge in [0.15, 0.2) is 0 Å². The molecule has 0 aliphatic rings. The topological polar surface area (TPSA) is 58.6 Å². The second-order valence-electron chi connectivity index (χ2n) is 5.00. The van der Waals surface area contributed by atoms with Crippen LogP contribution in [0.3, 0.4) is 0 Å². The lowest BCUT2D eigenvalue weighted by Crippen LogP contribution is -2.26. The van der Waals surface area contributed by atoms with Gasteiger partial charge in [-0.25, -0.2) is 0 Å². The first kappa shape index (κ1) is 16.5. The fraction of sp³-hybridized carbons (Fsp3) is 0.353. The van der Waals surface area contributed by atoms with Gasteiger partial charge in [-0.15, -0.1) is 11.3 Å². The number of rotatable bonds is 7. The van der Waals surface area contributed by atoms with Crippen molar-refractivity contribution in [3.8, 4) is 16.2 Å². The zero-order chi connectivity index (χ0) is 15.9. The van der Waals surface area contributed by atoms with Crippen molar-refractivity contribution in [1.29, 1.82) is 0 Å². The average molecular weight is 319 g/mol. The minimum atomic E-state index is -0.421. The molecule has 5 heteroatoms. The van der Waals surface area contributed by atoms with E-state index in [1.807, 2.05) is 43.3 Å². The summed E-state index contributed by atoms with van der Waals surface area (Å²) in [5, 5.41) is 12.1. The molecule has 0 bridgehead atoms. The maximum absolute atomic E-state index is 12.3. The van der Waals surface area contributed by atoms with Gasteiger partial charge >= 0.3 is 0 Å². The van der Waals surface area contributed by atoms with Crippen LogP contribution in [0.1, 0.15) is 29.9 Å². The number of ether oxygens (including phenoxy) is 1. The van der Waals surface area contributed by atoms with Gasteiger partial charge in [0.05, 0.1) is 12.7 Å². The van der Waals surface area contributed by atoms with E-state index in [-0.39, 0.29) is 5.91 Å². The summed E-state index contributed by atoms with van der Waals surface area (Å²) in [5.74, 6) is 0.456. The molecule has 1 atom stereocenters. The van der Waals surface area contributed by atoms with Gasteiger partial charge in [0.25, 0.3) is 5.91 Å². The number of carbonyl (C=O) groups excluding carboxylic acids is 1. The van der Waals surface area contributed by atoms with Gasteiger partial charge in [-0.1, -0.05) is 30.3 Å². The van der Waals surface area contributed by atoms with E-state index in [2.05, 4.69) is 5.32 Å². The Balaban J connectivity index is 2.18. The van der Waals surface area contributed by atoms with Crippen molar-refractivity contribution in [2.75, 3.05) is 13.2 Å². The monoisotopic (exact) mass is 319 g/mol. The van der Waals surface area contributed by atoms with Crippen molar-refractivity contribution in [3.05, 3.63) is 41.3 Å². The van der Waals surface area contributed by atoms with Crippen molar-refractivity contribution in [2.45, 2.75) is 26.4 Å². The summed E-state index contributed by atoms with van der Waals surface area (Å²) in [6.45, 7) is 4.56. The van der Waals surface area contributed by atoms with Crippen LogP contribution in [0.5, 0.6) is 5.75 Å². The highest BCUT2D eigenvalue weighted by molar-refractivity contribution is 7.17. The van der Waals surface area contributed by atoms with Crippen LogP contribution in [0.25, 0.3) is 10.4 Å². The van der Waals surface area contributed by atoms with Gasteiger partial charge in [0.1, 0.15) is 10.6 Å².